The van der Waals surface area contributed by atoms with Gasteiger partial charge >= 0.3 is 0 Å². The normalized spacial score (nSPS) is 12.3. The molecule has 6 nitrogen and oxygen atoms in total. The van der Waals surface area contributed by atoms with Crippen LogP contribution in [0.2, 0.25) is 0 Å². The average Bonchev–Trinajstić information content (AvgIpc) is 2.98. The van der Waals surface area contributed by atoms with Gasteiger partial charge in [-0.3, -0.25) is 4.79 Å². The van der Waals surface area contributed by atoms with Gasteiger partial charge in [-0.1, -0.05) is 26.0 Å². The topological polar surface area (TPSA) is 69.0 Å². The van der Waals surface area contributed by atoms with Crippen molar-refractivity contribution in [3.63, 3.8) is 0 Å². The van der Waals surface area contributed by atoms with E-state index in [-0.39, 0.29) is 11.9 Å². The molecule has 1 aromatic carbocycles. The lowest BCUT2D eigenvalue weighted by Gasteiger charge is -2.20. The number of carbonyl (C=O) groups is 1. The van der Waals surface area contributed by atoms with E-state index in [0.29, 0.717) is 12.3 Å². The van der Waals surface area contributed by atoms with E-state index in [4.69, 9.17) is 9.72 Å². The Bertz CT molecular complexity index is 933. The molecular formula is C21H26N4O2. The van der Waals surface area contributed by atoms with Crippen LogP contribution in [-0.4, -0.2) is 27.6 Å². The van der Waals surface area contributed by atoms with Crippen molar-refractivity contribution in [3.8, 4) is 5.75 Å². The maximum absolute atomic E-state index is 12.7. The van der Waals surface area contributed by atoms with Crippen LogP contribution in [0.3, 0.4) is 0 Å². The maximum atomic E-state index is 12.7. The van der Waals surface area contributed by atoms with Gasteiger partial charge in [-0.15, -0.1) is 0 Å². The van der Waals surface area contributed by atoms with Gasteiger partial charge in [0.2, 0.25) is 5.91 Å². The average molecular weight is 366 g/mol. The van der Waals surface area contributed by atoms with E-state index >= 15 is 0 Å². The van der Waals surface area contributed by atoms with E-state index in [1.807, 2.05) is 48.0 Å². The van der Waals surface area contributed by atoms with Gasteiger partial charge < -0.3 is 14.6 Å². The number of hydrogen-bond acceptors (Lipinski definition) is 4. The number of aromatic nitrogens is 3. The van der Waals surface area contributed by atoms with Crippen molar-refractivity contribution in [1.82, 2.24) is 19.9 Å². The van der Waals surface area contributed by atoms with Crippen LogP contribution < -0.4 is 10.1 Å². The molecule has 3 aromatic rings. The molecule has 0 saturated heterocycles. The highest BCUT2D eigenvalue weighted by Crippen LogP contribution is 2.24. The van der Waals surface area contributed by atoms with Gasteiger partial charge in [0, 0.05) is 13.2 Å². The summed E-state index contributed by atoms with van der Waals surface area (Å²) in [6.07, 6.45) is 2.86. The minimum Gasteiger partial charge on any atom is -0.497 e. The maximum Gasteiger partial charge on any atom is 0.225 e. The first kappa shape index (κ1) is 18.9. The van der Waals surface area contributed by atoms with Crippen LogP contribution in [0.15, 0.2) is 42.6 Å². The standard InChI is InChI=1S/C21H26N4O2/c1-14(2)11-18(21-24-17-9-6-10-22-20(17)25(21)3)23-19(26)13-15-7-5-8-16(12-15)27-4/h5-10,12,14,18H,11,13H2,1-4H3,(H,23,26). The number of benzene rings is 1. The lowest BCUT2D eigenvalue weighted by molar-refractivity contribution is -0.121. The number of nitrogens with one attached hydrogen (secondary N) is 1. The van der Waals surface area contributed by atoms with Gasteiger partial charge in [-0.2, -0.15) is 0 Å². The Kier molecular flexibility index (Phi) is 5.74. The minimum absolute atomic E-state index is 0.0334. The Morgan fingerprint density at radius 3 is 2.78 bits per heavy atom. The predicted molar refractivity (Wildman–Crippen MR) is 106 cm³/mol. The van der Waals surface area contributed by atoms with Crippen molar-refractivity contribution < 1.29 is 9.53 Å². The Balaban J connectivity index is 1.81. The van der Waals surface area contributed by atoms with Crippen molar-refractivity contribution in [1.29, 1.82) is 0 Å². The van der Waals surface area contributed by atoms with Gasteiger partial charge in [-0.05, 0) is 42.2 Å². The SMILES string of the molecule is COc1cccc(CC(=O)NC(CC(C)C)c2nc3cccnc3n2C)c1. The van der Waals surface area contributed by atoms with Crippen LogP contribution in [0.4, 0.5) is 0 Å². The van der Waals surface area contributed by atoms with Crippen molar-refractivity contribution in [2.45, 2.75) is 32.7 Å². The van der Waals surface area contributed by atoms with E-state index in [9.17, 15) is 4.79 Å². The van der Waals surface area contributed by atoms with Crippen LogP contribution in [0.1, 0.15) is 37.7 Å². The molecule has 1 atom stereocenters. The molecule has 27 heavy (non-hydrogen) atoms. The molecule has 2 heterocycles. The smallest absolute Gasteiger partial charge is 0.225 e. The van der Waals surface area contributed by atoms with Gasteiger partial charge in [0.1, 0.15) is 17.1 Å². The first-order valence-electron chi connectivity index (χ1n) is 9.17. The number of aryl methyl sites for hydroxylation is 1. The molecule has 142 valence electrons. The predicted octanol–water partition coefficient (Wildman–Crippen LogP) is 3.42. The number of pyridine rings is 1. The van der Waals surface area contributed by atoms with Gasteiger partial charge in [0.25, 0.3) is 0 Å². The molecule has 1 N–H and O–H groups in total. The fourth-order valence-corrected chi connectivity index (χ4v) is 3.27. The molecule has 6 heteroatoms. The molecule has 0 aliphatic carbocycles. The Hall–Kier alpha value is -2.89. The summed E-state index contributed by atoms with van der Waals surface area (Å²) in [6, 6.07) is 11.2. The molecule has 0 spiro atoms. The fourth-order valence-electron chi connectivity index (χ4n) is 3.27. The number of imidazole rings is 1. The van der Waals surface area contributed by atoms with Gasteiger partial charge in [0.05, 0.1) is 19.6 Å². The second-order valence-electron chi connectivity index (χ2n) is 7.15. The van der Waals surface area contributed by atoms with E-state index in [1.165, 1.54) is 0 Å². The zero-order chi connectivity index (χ0) is 19.4. The number of fused-ring (bicyclic) bond motifs is 1. The fraction of sp³-hybridized carbons (Fsp3) is 0.381. The molecule has 2 aromatic heterocycles. The second-order valence-corrected chi connectivity index (χ2v) is 7.15. The third-order valence-corrected chi connectivity index (χ3v) is 4.52. The lowest BCUT2D eigenvalue weighted by atomic mass is 10.0. The van der Waals surface area contributed by atoms with Gasteiger partial charge in [-0.25, -0.2) is 9.97 Å². The molecular weight excluding hydrogens is 340 g/mol. The number of rotatable bonds is 7. The molecule has 0 aliphatic heterocycles. The number of hydrogen-bond donors (Lipinski definition) is 1. The van der Waals surface area contributed by atoms with Crippen molar-refractivity contribution in [3.05, 3.63) is 54.0 Å². The Morgan fingerprint density at radius 1 is 1.26 bits per heavy atom. The lowest BCUT2D eigenvalue weighted by Crippen LogP contribution is -2.32. The van der Waals surface area contributed by atoms with E-state index in [2.05, 4.69) is 24.1 Å². The number of nitrogens with zero attached hydrogens (tertiary/aromatic N) is 3. The molecule has 0 saturated carbocycles. The summed E-state index contributed by atoms with van der Waals surface area (Å²) in [7, 11) is 3.57. The van der Waals surface area contributed by atoms with E-state index in [0.717, 1.165) is 34.7 Å². The number of carbonyl (C=O) groups excluding carboxylic acids is 1. The highest BCUT2D eigenvalue weighted by molar-refractivity contribution is 5.79. The number of ether oxygens (including phenoxy) is 1. The summed E-state index contributed by atoms with van der Waals surface area (Å²) in [5, 5.41) is 3.16. The number of methoxy groups -OCH3 is 1. The molecule has 0 bridgehead atoms. The van der Waals surface area contributed by atoms with Crippen molar-refractivity contribution in [2.75, 3.05) is 7.11 Å². The molecule has 3 rings (SSSR count). The van der Waals surface area contributed by atoms with Gasteiger partial charge in [0.15, 0.2) is 5.65 Å². The van der Waals surface area contributed by atoms with Crippen molar-refractivity contribution in [2.24, 2.45) is 13.0 Å². The highest BCUT2D eigenvalue weighted by atomic mass is 16.5. The summed E-state index contributed by atoms with van der Waals surface area (Å²) >= 11 is 0. The van der Waals surface area contributed by atoms with Crippen LogP contribution in [0.25, 0.3) is 11.2 Å². The zero-order valence-corrected chi connectivity index (χ0v) is 16.3. The molecule has 1 unspecified atom stereocenters. The largest absolute Gasteiger partial charge is 0.497 e. The monoisotopic (exact) mass is 366 g/mol. The van der Waals surface area contributed by atoms with E-state index < -0.39 is 0 Å². The summed E-state index contributed by atoms with van der Waals surface area (Å²) in [6.45, 7) is 4.28. The Labute approximate surface area is 159 Å². The van der Waals surface area contributed by atoms with Crippen LogP contribution in [0, 0.1) is 5.92 Å². The first-order chi connectivity index (χ1) is 13.0. The Morgan fingerprint density at radius 2 is 2.07 bits per heavy atom. The van der Waals surface area contributed by atoms with Crippen LogP contribution in [-0.2, 0) is 18.3 Å². The second kappa shape index (κ2) is 8.20. The third-order valence-electron chi connectivity index (χ3n) is 4.52. The third kappa shape index (κ3) is 4.45. The molecule has 0 radical (unpaired) electrons. The molecule has 0 fully saturated rings. The van der Waals surface area contributed by atoms with Crippen LogP contribution >= 0.6 is 0 Å². The summed E-state index contributed by atoms with van der Waals surface area (Å²) in [5.41, 5.74) is 2.58. The molecule has 1 amide bonds. The quantitative estimate of drug-likeness (QED) is 0.696. The number of amides is 1. The summed E-state index contributed by atoms with van der Waals surface area (Å²) < 4.78 is 7.20. The van der Waals surface area contributed by atoms with E-state index in [1.54, 1.807) is 13.3 Å². The molecule has 0 aliphatic rings. The first-order valence-corrected chi connectivity index (χ1v) is 9.17. The summed E-state index contributed by atoms with van der Waals surface area (Å²) in [5.74, 6) is 1.96. The van der Waals surface area contributed by atoms with Crippen LogP contribution in [0.5, 0.6) is 5.75 Å². The summed E-state index contributed by atoms with van der Waals surface area (Å²) in [4.78, 5) is 21.8. The minimum atomic E-state index is -0.165. The van der Waals surface area contributed by atoms with Crippen molar-refractivity contribution >= 4 is 17.1 Å². The zero-order valence-electron chi connectivity index (χ0n) is 16.3. The highest BCUT2D eigenvalue weighted by Gasteiger charge is 2.22.